The Kier molecular flexibility index (Phi) is 13.0. The number of piperidine rings is 1. The van der Waals surface area contributed by atoms with E-state index in [0.29, 0.717) is 71.4 Å². The van der Waals surface area contributed by atoms with Gasteiger partial charge in [0.05, 0.1) is 41.5 Å². The second-order valence-electron chi connectivity index (χ2n) is 11.6. The van der Waals surface area contributed by atoms with Crippen molar-refractivity contribution in [1.82, 2.24) is 4.90 Å². The second kappa shape index (κ2) is 17.3. The molecule has 1 heterocycles. The molecule has 1 aliphatic rings. The summed E-state index contributed by atoms with van der Waals surface area (Å²) < 4.78 is 38.9. The van der Waals surface area contributed by atoms with Crippen molar-refractivity contribution in [2.45, 2.75) is 57.1 Å². The molecule has 12 nitrogen and oxygen atoms in total. The van der Waals surface area contributed by atoms with Gasteiger partial charge in [0.25, 0.3) is 0 Å². The molecule has 3 aromatic rings. The van der Waals surface area contributed by atoms with Crippen LogP contribution in [-0.4, -0.2) is 82.6 Å². The van der Waals surface area contributed by atoms with Crippen LogP contribution in [0.1, 0.15) is 61.3 Å². The summed E-state index contributed by atoms with van der Waals surface area (Å²) in [5.41, 5.74) is 2.23. The Balaban J connectivity index is 1.59. The number of aryl methyl sites for hydroxylation is 1. The van der Waals surface area contributed by atoms with Crippen molar-refractivity contribution in [3.8, 4) is 34.5 Å². The van der Waals surface area contributed by atoms with Gasteiger partial charge in [-0.05, 0) is 92.1 Å². The predicted molar refractivity (Wildman–Crippen MR) is 180 cm³/mol. The molecule has 0 bridgehead atoms. The van der Waals surface area contributed by atoms with Gasteiger partial charge in [-0.2, -0.15) is 0 Å². The Bertz CT molecular complexity index is 1580. The van der Waals surface area contributed by atoms with E-state index in [9.17, 15) is 14.4 Å². The number of hydrogen-bond acceptors (Lipinski definition) is 10. The third-order valence-corrected chi connectivity index (χ3v) is 8.61. The van der Waals surface area contributed by atoms with E-state index in [1.54, 1.807) is 62.4 Å². The first-order valence-electron chi connectivity index (χ1n) is 16.1. The quantitative estimate of drug-likeness (QED) is 0.190. The lowest BCUT2D eigenvalue weighted by molar-refractivity contribution is -0.162. The van der Waals surface area contributed by atoms with Gasteiger partial charge in [0.1, 0.15) is 17.9 Å². The monoisotopic (exact) mass is 679 g/mol. The SMILES string of the molecule is COc1ccc(CC[C@@H](OC(=O)[C@@H]2CCCCN2C(=O)[C@@H](C)c2cc(OC)c(OC)c(OC)c2)c2cccc(OCC(=O)O)c2)cc1OC. The largest absolute Gasteiger partial charge is 0.493 e. The number of carbonyl (C=O) groups is 3. The number of esters is 1. The molecule has 0 aliphatic carbocycles. The molecular weight excluding hydrogens is 634 g/mol. The lowest BCUT2D eigenvalue weighted by Crippen LogP contribution is -2.50. The van der Waals surface area contributed by atoms with Crippen LogP contribution in [0.3, 0.4) is 0 Å². The van der Waals surface area contributed by atoms with Crippen LogP contribution in [-0.2, 0) is 25.5 Å². The van der Waals surface area contributed by atoms with Crippen LogP contribution in [0.5, 0.6) is 34.5 Å². The number of carbonyl (C=O) groups excluding carboxylic acids is 2. The van der Waals surface area contributed by atoms with Crippen LogP contribution >= 0.6 is 0 Å². The summed E-state index contributed by atoms with van der Waals surface area (Å²) >= 11 is 0. The molecule has 264 valence electrons. The van der Waals surface area contributed by atoms with Gasteiger partial charge < -0.3 is 43.2 Å². The number of carboxylic acids is 1. The van der Waals surface area contributed by atoms with E-state index in [1.807, 2.05) is 18.2 Å². The van der Waals surface area contributed by atoms with Crippen LogP contribution in [0.2, 0.25) is 0 Å². The Morgan fingerprint density at radius 1 is 0.816 bits per heavy atom. The van der Waals surface area contributed by atoms with E-state index in [4.69, 9.17) is 38.3 Å². The molecule has 1 amide bonds. The molecule has 0 unspecified atom stereocenters. The predicted octanol–water partition coefficient (Wildman–Crippen LogP) is 5.59. The van der Waals surface area contributed by atoms with Crippen LogP contribution in [0, 0.1) is 0 Å². The highest BCUT2D eigenvalue weighted by Crippen LogP contribution is 2.41. The molecule has 1 N–H and O–H groups in total. The van der Waals surface area contributed by atoms with E-state index in [-0.39, 0.29) is 5.91 Å². The summed E-state index contributed by atoms with van der Waals surface area (Å²) in [6, 6.07) is 15.1. The normalized spacial score (nSPS) is 15.4. The fourth-order valence-electron chi connectivity index (χ4n) is 5.98. The summed E-state index contributed by atoms with van der Waals surface area (Å²) in [4.78, 5) is 40.8. The Hall–Kier alpha value is -5.13. The van der Waals surface area contributed by atoms with Crippen molar-refractivity contribution in [1.29, 1.82) is 0 Å². The van der Waals surface area contributed by atoms with E-state index in [0.717, 1.165) is 18.4 Å². The number of aliphatic carboxylic acids is 1. The van der Waals surface area contributed by atoms with Gasteiger partial charge in [-0.1, -0.05) is 18.2 Å². The number of ether oxygens (including phenoxy) is 7. The van der Waals surface area contributed by atoms with Gasteiger partial charge >= 0.3 is 11.9 Å². The first kappa shape index (κ1) is 36.7. The van der Waals surface area contributed by atoms with Gasteiger partial charge in [0.2, 0.25) is 11.7 Å². The summed E-state index contributed by atoms with van der Waals surface area (Å²) in [5, 5.41) is 9.10. The van der Waals surface area contributed by atoms with Gasteiger partial charge in [0, 0.05) is 6.54 Å². The van der Waals surface area contributed by atoms with Crippen LogP contribution in [0.25, 0.3) is 0 Å². The second-order valence-corrected chi connectivity index (χ2v) is 11.6. The summed E-state index contributed by atoms with van der Waals surface area (Å²) in [5.74, 6) is 0.327. The van der Waals surface area contributed by atoms with E-state index in [1.165, 1.54) is 21.3 Å². The van der Waals surface area contributed by atoms with E-state index >= 15 is 0 Å². The van der Waals surface area contributed by atoms with Crippen molar-refractivity contribution < 1.29 is 52.6 Å². The van der Waals surface area contributed by atoms with Crippen LogP contribution in [0.15, 0.2) is 54.6 Å². The highest BCUT2D eigenvalue weighted by molar-refractivity contribution is 5.89. The molecule has 1 saturated heterocycles. The Morgan fingerprint density at radius 2 is 1.51 bits per heavy atom. The van der Waals surface area contributed by atoms with Gasteiger partial charge in [-0.15, -0.1) is 0 Å². The van der Waals surface area contributed by atoms with Crippen molar-refractivity contribution in [3.63, 3.8) is 0 Å². The van der Waals surface area contributed by atoms with Crippen molar-refractivity contribution >= 4 is 17.8 Å². The molecule has 12 heteroatoms. The average molecular weight is 680 g/mol. The topological polar surface area (TPSA) is 139 Å². The molecular formula is C37H45NO11. The molecule has 1 aliphatic heterocycles. The zero-order valence-corrected chi connectivity index (χ0v) is 28.9. The number of benzene rings is 3. The number of hydrogen-bond donors (Lipinski definition) is 1. The third-order valence-electron chi connectivity index (χ3n) is 8.61. The zero-order chi connectivity index (χ0) is 35.5. The maximum atomic E-state index is 14.0. The molecule has 0 saturated carbocycles. The zero-order valence-electron chi connectivity index (χ0n) is 28.9. The van der Waals surface area contributed by atoms with Gasteiger partial charge in [-0.3, -0.25) is 4.79 Å². The van der Waals surface area contributed by atoms with Gasteiger partial charge in [0.15, 0.2) is 29.6 Å². The first-order valence-corrected chi connectivity index (χ1v) is 16.1. The number of methoxy groups -OCH3 is 5. The lowest BCUT2D eigenvalue weighted by atomic mass is 9.94. The lowest BCUT2D eigenvalue weighted by Gasteiger charge is -2.36. The molecule has 3 atom stereocenters. The maximum Gasteiger partial charge on any atom is 0.341 e. The summed E-state index contributed by atoms with van der Waals surface area (Å²) in [6.07, 6.45) is 2.16. The number of amides is 1. The molecule has 0 radical (unpaired) electrons. The molecule has 4 rings (SSSR count). The number of nitrogens with zero attached hydrogens (tertiary/aromatic N) is 1. The molecule has 0 aromatic heterocycles. The number of likely N-dealkylation sites (tertiary alicyclic amines) is 1. The average Bonchev–Trinajstić information content (AvgIpc) is 3.14. The summed E-state index contributed by atoms with van der Waals surface area (Å²) in [6.45, 7) is 1.68. The fourth-order valence-corrected chi connectivity index (χ4v) is 5.98. The van der Waals surface area contributed by atoms with Crippen molar-refractivity contribution in [2.75, 3.05) is 48.7 Å². The smallest absolute Gasteiger partial charge is 0.341 e. The van der Waals surface area contributed by atoms with Crippen LogP contribution < -0.4 is 28.4 Å². The number of carboxylic acid groups (broad SMARTS) is 1. The van der Waals surface area contributed by atoms with Crippen molar-refractivity contribution in [2.24, 2.45) is 0 Å². The molecule has 49 heavy (non-hydrogen) atoms. The maximum absolute atomic E-state index is 14.0. The minimum atomic E-state index is -1.11. The number of rotatable bonds is 16. The first-order chi connectivity index (χ1) is 23.6. The highest BCUT2D eigenvalue weighted by atomic mass is 16.5. The van der Waals surface area contributed by atoms with E-state index < -0.39 is 36.6 Å². The van der Waals surface area contributed by atoms with Gasteiger partial charge in [-0.25, -0.2) is 9.59 Å². The minimum absolute atomic E-state index is 0.220. The van der Waals surface area contributed by atoms with Crippen molar-refractivity contribution in [3.05, 3.63) is 71.3 Å². The van der Waals surface area contributed by atoms with E-state index in [2.05, 4.69) is 0 Å². The Labute approximate surface area is 286 Å². The molecule has 3 aromatic carbocycles. The summed E-state index contributed by atoms with van der Waals surface area (Å²) in [7, 11) is 7.67. The van der Waals surface area contributed by atoms with Crippen LogP contribution in [0.4, 0.5) is 0 Å². The fraction of sp³-hybridized carbons (Fsp3) is 0.432. The highest BCUT2D eigenvalue weighted by Gasteiger charge is 2.37. The Morgan fingerprint density at radius 3 is 2.14 bits per heavy atom. The molecule has 0 spiro atoms. The minimum Gasteiger partial charge on any atom is -0.493 e. The third kappa shape index (κ3) is 9.07. The standard InChI is InChI=1S/C37H45NO11/c1-23(26-20-32(45-4)35(47-6)33(21-26)46-5)36(41)38-17-8-7-12-28(38)37(42)49-29(25-10-9-11-27(19-25)48-22-34(39)40)15-13-24-14-16-30(43-2)31(18-24)44-3/h9-11,14,16,18-21,23,28-29H,7-8,12-13,15,17,22H2,1-6H3,(H,39,40)/t23-,28-,29+/m0/s1. The molecule has 1 fully saturated rings.